The van der Waals surface area contributed by atoms with Crippen LogP contribution in [0.3, 0.4) is 0 Å². The summed E-state index contributed by atoms with van der Waals surface area (Å²) in [7, 11) is 4.34. The Labute approximate surface area is 127 Å². The molecule has 21 heavy (non-hydrogen) atoms. The number of hydrogen-bond acceptors (Lipinski definition) is 3. The van der Waals surface area contributed by atoms with Gasteiger partial charge in [-0.1, -0.05) is 24.1 Å². The zero-order valence-electron chi connectivity index (χ0n) is 13.0. The molecule has 0 spiro atoms. The van der Waals surface area contributed by atoms with Gasteiger partial charge in [0.1, 0.15) is 12.4 Å². The molecule has 3 atom stereocenters. The van der Waals surface area contributed by atoms with E-state index in [1.54, 1.807) is 0 Å². The number of rotatable bonds is 6. The average molecular weight is 284 g/mol. The number of para-hydroxylation sites is 1. The van der Waals surface area contributed by atoms with Crippen LogP contribution in [0.15, 0.2) is 24.3 Å². The van der Waals surface area contributed by atoms with Gasteiger partial charge in [-0.2, -0.15) is 0 Å². The van der Waals surface area contributed by atoms with Crippen LogP contribution in [0.25, 0.3) is 0 Å². The van der Waals surface area contributed by atoms with E-state index < -0.39 is 0 Å². The van der Waals surface area contributed by atoms with Crippen LogP contribution in [-0.2, 0) is 6.54 Å². The molecule has 1 saturated carbocycles. The van der Waals surface area contributed by atoms with E-state index in [0.717, 1.165) is 30.0 Å². The maximum absolute atomic E-state index is 5.64. The highest BCUT2D eigenvalue weighted by Gasteiger charge is 2.55. The topological polar surface area (TPSA) is 15.7 Å². The molecule has 1 aliphatic heterocycles. The lowest BCUT2D eigenvalue weighted by atomic mass is 10.1. The molecule has 0 amide bonds. The molecule has 0 bridgehead atoms. The summed E-state index contributed by atoms with van der Waals surface area (Å²) in [5, 5.41) is 0. The largest absolute Gasteiger partial charge is 0.481 e. The summed E-state index contributed by atoms with van der Waals surface area (Å²) in [4.78, 5) is 4.87. The van der Waals surface area contributed by atoms with Crippen molar-refractivity contribution in [1.82, 2.24) is 9.80 Å². The second-order valence-electron chi connectivity index (χ2n) is 6.55. The van der Waals surface area contributed by atoms with Crippen LogP contribution in [0.1, 0.15) is 5.56 Å². The second kappa shape index (κ2) is 6.09. The summed E-state index contributed by atoms with van der Waals surface area (Å²) in [5.74, 6) is 6.20. The van der Waals surface area contributed by atoms with E-state index >= 15 is 0 Å². The first kappa shape index (κ1) is 14.4. The number of benzene rings is 1. The highest BCUT2D eigenvalue weighted by Crippen LogP contribution is 2.52. The fraction of sp³-hybridized carbons (Fsp3) is 0.556. The van der Waals surface area contributed by atoms with Gasteiger partial charge in [0.05, 0.1) is 0 Å². The average Bonchev–Trinajstić information content (AvgIpc) is 2.91. The highest BCUT2D eigenvalue weighted by atomic mass is 16.5. The van der Waals surface area contributed by atoms with E-state index in [2.05, 4.69) is 41.9 Å². The fourth-order valence-electron chi connectivity index (χ4n) is 3.69. The molecule has 2 aliphatic rings. The van der Waals surface area contributed by atoms with Crippen molar-refractivity contribution in [1.29, 1.82) is 0 Å². The molecular weight excluding hydrogens is 260 g/mol. The fourth-order valence-corrected chi connectivity index (χ4v) is 3.69. The monoisotopic (exact) mass is 284 g/mol. The minimum Gasteiger partial charge on any atom is -0.481 e. The van der Waals surface area contributed by atoms with Crippen LogP contribution >= 0.6 is 0 Å². The first-order valence-electron chi connectivity index (χ1n) is 7.70. The summed E-state index contributed by atoms with van der Waals surface area (Å²) in [6.45, 7) is 5.01. The van der Waals surface area contributed by atoms with Gasteiger partial charge in [0.15, 0.2) is 0 Å². The molecule has 1 unspecified atom stereocenters. The van der Waals surface area contributed by atoms with Crippen molar-refractivity contribution in [3.8, 4) is 18.1 Å². The van der Waals surface area contributed by atoms with Crippen LogP contribution in [0.5, 0.6) is 5.75 Å². The predicted octanol–water partition coefficient (Wildman–Crippen LogP) is 1.94. The van der Waals surface area contributed by atoms with Crippen LogP contribution in [0, 0.1) is 30.1 Å². The molecule has 0 radical (unpaired) electrons. The molecule has 0 N–H and O–H groups in total. The summed E-state index contributed by atoms with van der Waals surface area (Å²) in [5.41, 5.74) is 1.25. The second-order valence-corrected chi connectivity index (χ2v) is 6.55. The van der Waals surface area contributed by atoms with E-state index in [9.17, 15) is 0 Å². The quantitative estimate of drug-likeness (QED) is 0.743. The first-order valence-corrected chi connectivity index (χ1v) is 7.70. The van der Waals surface area contributed by atoms with Crippen LogP contribution in [0.2, 0.25) is 0 Å². The molecule has 1 aromatic carbocycles. The number of likely N-dealkylation sites (tertiary alicyclic amines) is 1. The van der Waals surface area contributed by atoms with Crippen molar-refractivity contribution in [3.05, 3.63) is 29.8 Å². The van der Waals surface area contributed by atoms with Gasteiger partial charge in [0.2, 0.25) is 0 Å². The zero-order valence-corrected chi connectivity index (χ0v) is 13.0. The number of piperidine rings is 1. The van der Waals surface area contributed by atoms with Crippen molar-refractivity contribution < 1.29 is 4.74 Å². The van der Waals surface area contributed by atoms with Crippen LogP contribution in [0.4, 0.5) is 0 Å². The SMILES string of the molecule is C#CCOc1ccccc1CN1C[C@@H]2C(CN(C)C)[C@@H]2C1. The van der Waals surface area contributed by atoms with Gasteiger partial charge in [-0.15, -0.1) is 6.42 Å². The van der Waals surface area contributed by atoms with E-state index in [1.807, 2.05) is 12.1 Å². The number of terminal acetylenes is 1. The Hall–Kier alpha value is -1.50. The summed E-state index contributed by atoms with van der Waals surface area (Å²) in [6, 6.07) is 8.24. The molecule has 2 fully saturated rings. The van der Waals surface area contributed by atoms with Gasteiger partial charge in [0.25, 0.3) is 0 Å². The third-order valence-corrected chi connectivity index (χ3v) is 4.70. The van der Waals surface area contributed by atoms with Crippen molar-refractivity contribution in [3.63, 3.8) is 0 Å². The zero-order chi connectivity index (χ0) is 14.8. The molecule has 0 aromatic heterocycles. The number of fused-ring (bicyclic) bond motifs is 1. The first-order chi connectivity index (χ1) is 10.2. The summed E-state index contributed by atoms with van der Waals surface area (Å²) >= 11 is 0. The van der Waals surface area contributed by atoms with Gasteiger partial charge < -0.3 is 9.64 Å². The van der Waals surface area contributed by atoms with Gasteiger partial charge >= 0.3 is 0 Å². The summed E-state index contributed by atoms with van der Waals surface area (Å²) < 4.78 is 5.64. The molecule has 3 heteroatoms. The predicted molar refractivity (Wildman–Crippen MR) is 85.1 cm³/mol. The van der Waals surface area contributed by atoms with Crippen molar-refractivity contribution >= 4 is 0 Å². The lowest BCUT2D eigenvalue weighted by Gasteiger charge is -2.21. The molecule has 1 heterocycles. The molecule has 3 rings (SSSR count). The number of ether oxygens (including phenoxy) is 1. The van der Waals surface area contributed by atoms with Crippen molar-refractivity contribution in [2.24, 2.45) is 17.8 Å². The molecular formula is C18H24N2O. The lowest BCUT2D eigenvalue weighted by molar-refractivity contribution is 0.253. The minimum atomic E-state index is 0.340. The number of hydrogen-bond donors (Lipinski definition) is 0. The third-order valence-electron chi connectivity index (χ3n) is 4.70. The molecule has 3 nitrogen and oxygen atoms in total. The van der Waals surface area contributed by atoms with Gasteiger partial charge in [-0.25, -0.2) is 0 Å². The Morgan fingerprint density at radius 1 is 1.29 bits per heavy atom. The van der Waals surface area contributed by atoms with Crippen molar-refractivity contribution in [2.45, 2.75) is 6.54 Å². The number of nitrogens with zero attached hydrogens (tertiary/aromatic N) is 2. The molecule has 1 saturated heterocycles. The van der Waals surface area contributed by atoms with Gasteiger partial charge in [0, 0.05) is 31.7 Å². The molecule has 1 aromatic rings. The maximum atomic E-state index is 5.64. The van der Waals surface area contributed by atoms with Crippen LogP contribution < -0.4 is 4.74 Å². The summed E-state index contributed by atoms with van der Waals surface area (Å²) in [6.07, 6.45) is 5.28. The van der Waals surface area contributed by atoms with E-state index in [-0.39, 0.29) is 0 Å². The van der Waals surface area contributed by atoms with E-state index in [0.29, 0.717) is 6.61 Å². The maximum Gasteiger partial charge on any atom is 0.148 e. The smallest absolute Gasteiger partial charge is 0.148 e. The lowest BCUT2D eigenvalue weighted by Crippen LogP contribution is -2.27. The van der Waals surface area contributed by atoms with E-state index in [4.69, 9.17) is 11.2 Å². The van der Waals surface area contributed by atoms with Gasteiger partial charge in [-0.3, -0.25) is 4.90 Å². The Kier molecular flexibility index (Phi) is 4.19. The Bertz CT molecular complexity index is 522. The minimum absolute atomic E-state index is 0.340. The normalized spacial score (nSPS) is 27.4. The van der Waals surface area contributed by atoms with Crippen LogP contribution in [-0.4, -0.2) is 50.1 Å². The Morgan fingerprint density at radius 2 is 2.00 bits per heavy atom. The van der Waals surface area contributed by atoms with E-state index in [1.165, 1.54) is 25.2 Å². The Balaban J connectivity index is 1.54. The Morgan fingerprint density at radius 3 is 2.67 bits per heavy atom. The standard InChI is InChI=1S/C18H24N2O/c1-4-9-21-18-8-6-5-7-14(18)10-20-12-16-15(11-19(2)3)17(16)13-20/h1,5-8,15-17H,9-13H2,2-3H3/t15?,16-,17+. The van der Waals surface area contributed by atoms with Gasteiger partial charge in [-0.05, 0) is 37.9 Å². The third kappa shape index (κ3) is 3.23. The van der Waals surface area contributed by atoms with Crippen molar-refractivity contribution in [2.75, 3.05) is 40.3 Å². The molecule has 112 valence electrons. The molecule has 1 aliphatic carbocycles. The highest BCUT2D eigenvalue weighted by molar-refractivity contribution is 5.33.